The average Bonchev–Trinajstić information content (AvgIpc) is 2.46. The number of aliphatic hydroxyl groups is 1. The van der Waals surface area contributed by atoms with Gasteiger partial charge < -0.3 is 20.1 Å². The number of rotatable bonds is 5. The van der Waals surface area contributed by atoms with Crippen LogP contribution in [0, 0.1) is 0 Å². The molecule has 1 aromatic rings. The average molecular weight is 250 g/mol. The molecule has 1 aliphatic rings. The van der Waals surface area contributed by atoms with Gasteiger partial charge in [-0.25, -0.2) is 0 Å². The molecule has 1 fully saturated rings. The molecule has 0 radical (unpaired) electrons. The molecule has 1 aromatic carbocycles. The van der Waals surface area contributed by atoms with Crippen molar-refractivity contribution < 1.29 is 9.84 Å². The van der Waals surface area contributed by atoms with Gasteiger partial charge in [-0.1, -0.05) is 6.92 Å². The van der Waals surface area contributed by atoms with Gasteiger partial charge in [0.05, 0.1) is 19.3 Å². The number of aliphatic hydroxyl groups excluding tert-OH is 1. The minimum Gasteiger partial charge on any atom is -0.391 e. The summed E-state index contributed by atoms with van der Waals surface area (Å²) in [6, 6.07) is 8.36. The normalized spacial score (nSPS) is 17.6. The molecular formula is C14H22N2O2. The van der Waals surface area contributed by atoms with E-state index in [4.69, 9.17) is 4.74 Å². The summed E-state index contributed by atoms with van der Waals surface area (Å²) in [4.78, 5) is 2.33. The monoisotopic (exact) mass is 250 g/mol. The van der Waals surface area contributed by atoms with Gasteiger partial charge in [0.25, 0.3) is 0 Å². The lowest BCUT2D eigenvalue weighted by molar-refractivity contribution is 0.122. The van der Waals surface area contributed by atoms with Gasteiger partial charge in [0.1, 0.15) is 0 Å². The van der Waals surface area contributed by atoms with Gasteiger partial charge >= 0.3 is 0 Å². The van der Waals surface area contributed by atoms with Crippen molar-refractivity contribution in [3.63, 3.8) is 0 Å². The second kappa shape index (κ2) is 6.61. The van der Waals surface area contributed by atoms with Gasteiger partial charge in [-0.05, 0) is 30.7 Å². The van der Waals surface area contributed by atoms with Crippen LogP contribution in [-0.2, 0) is 4.74 Å². The molecule has 4 nitrogen and oxygen atoms in total. The van der Waals surface area contributed by atoms with Crippen molar-refractivity contribution in [2.75, 3.05) is 43.1 Å². The fraction of sp³-hybridized carbons (Fsp3) is 0.571. The molecule has 0 spiro atoms. The Kier molecular flexibility index (Phi) is 4.84. The topological polar surface area (TPSA) is 44.7 Å². The van der Waals surface area contributed by atoms with E-state index in [2.05, 4.69) is 34.5 Å². The molecule has 0 aliphatic carbocycles. The molecule has 1 heterocycles. The molecule has 1 saturated heterocycles. The summed E-state index contributed by atoms with van der Waals surface area (Å²) in [5.41, 5.74) is 2.29. The van der Waals surface area contributed by atoms with Crippen LogP contribution in [0.1, 0.15) is 13.3 Å². The third-order valence-electron chi connectivity index (χ3n) is 3.26. The van der Waals surface area contributed by atoms with Crippen LogP contribution in [0.4, 0.5) is 11.4 Å². The summed E-state index contributed by atoms with van der Waals surface area (Å²) in [7, 11) is 0. The van der Waals surface area contributed by atoms with Crippen LogP contribution >= 0.6 is 0 Å². The number of anilines is 2. The van der Waals surface area contributed by atoms with Crippen molar-refractivity contribution >= 4 is 11.4 Å². The van der Waals surface area contributed by atoms with Crippen molar-refractivity contribution in [1.82, 2.24) is 0 Å². The number of benzene rings is 1. The molecule has 100 valence electrons. The van der Waals surface area contributed by atoms with Crippen molar-refractivity contribution in [1.29, 1.82) is 0 Å². The fourth-order valence-electron chi connectivity index (χ4n) is 1.99. The third kappa shape index (κ3) is 3.62. The molecule has 2 N–H and O–H groups in total. The molecule has 0 amide bonds. The highest BCUT2D eigenvalue weighted by molar-refractivity contribution is 5.55. The van der Waals surface area contributed by atoms with E-state index >= 15 is 0 Å². The molecule has 1 aliphatic heterocycles. The Morgan fingerprint density at radius 1 is 1.28 bits per heavy atom. The fourth-order valence-corrected chi connectivity index (χ4v) is 1.99. The van der Waals surface area contributed by atoms with E-state index in [9.17, 15) is 5.11 Å². The van der Waals surface area contributed by atoms with E-state index < -0.39 is 0 Å². The van der Waals surface area contributed by atoms with Crippen LogP contribution in [0.15, 0.2) is 24.3 Å². The number of hydrogen-bond acceptors (Lipinski definition) is 4. The lowest BCUT2D eigenvalue weighted by atomic mass is 10.2. The highest BCUT2D eigenvalue weighted by atomic mass is 16.5. The molecule has 0 bridgehead atoms. The summed E-state index contributed by atoms with van der Waals surface area (Å²) in [6.07, 6.45) is 0.502. The minimum absolute atomic E-state index is 0.274. The molecule has 1 unspecified atom stereocenters. The Balaban J connectivity index is 1.88. The lowest BCUT2D eigenvalue weighted by Gasteiger charge is -2.29. The van der Waals surface area contributed by atoms with Gasteiger partial charge in [-0.15, -0.1) is 0 Å². The summed E-state index contributed by atoms with van der Waals surface area (Å²) in [5.74, 6) is 0. The maximum absolute atomic E-state index is 9.49. The van der Waals surface area contributed by atoms with Crippen molar-refractivity contribution in [3.8, 4) is 0 Å². The predicted molar refractivity (Wildman–Crippen MR) is 74.3 cm³/mol. The number of nitrogens with zero attached hydrogens (tertiary/aromatic N) is 1. The second-order valence-corrected chi connectivity index (χ2v) is 4.59. The number of nitrogens with one attached hydrogen (secondary N) is 1. The molecule has 0 saturated carbocycles. The van der Waals surface area contributed by atoms with Crippen LogP contribution in [0.25, 0.3) is 0 Å². The molecule has 1 atom stereocenters. The zero-order chi connectivity index (χ0) is 12.8. The standard InChI is InChI=1S/C14H22N2O2/c1-2-14(17)11-15-12-3-5-13(6-4-12)16-7-9-18-10-8-16/h3-6,14-15,17H,2,7-11H2,1H3. The van der Waals surface area contributed by atoms with E-state index in [0.717, 1.165) is 38.4 Å². The minimum atomic E-state index is -0.274. The Morgan fingerprint density at radius 3 is 2.56 bits per heavy atom. The predicted octanol–water partition coefficient (Wildman–Crippen LogP) is 1.71. The van der Waals surface area contributed by atoms with Gasteiger partial charge in [0.2, 0.25) is 0 Å². The number of ether oxygens (including phenoxy) is 1. The third-order valence-corrected chi connectivity index (χ3v) is 3.26. The zero-order valence-electron chi connectivity index (χ0n) is 10.9. The highest BCUT2D eigenvalue weighted by Crippen LogP contribution is 2.18. The van der Waals surface area contributed by atoms with Crippen molar-refractivity contribution in [2.24, 2.45) is 0 Å². The van der Waals surface area contributed by atoms with Crippen LogP contribution in [0.3, 0.4) is 0 Å². The Bertz CT molecular complexity index is 347. The van der Waals surface area contributed by atoms with E-state index in [1.807, 2.05) is 6.92 Å². The molecule has 4 heteroatoms. The number of morpholine rings is 1. The van der Waals surface area contributed by atoms with E-state index in [-0.39, 0.29) is 6.10 Å². The van der Waals surface area contributed by atoms with E-state index in [1.165, 1.54) is 5.69 Å². The SMILES string of the molecule is CCC(O)CNc1ccc(N2CCOCC2)cc1. The van der Waals surface area contributed by atoms with E-state index in [0.29, 0.717) is 6.54 Å². The van der Waals surface area contributed by atoms with E-state index in [1.54, 1.807) is 0 Å². The molecule has 18 heavy (non-hydrogen) atoms. The summed E-state index contributed by atoms with van der Waals surface area (Å²) in [6.45, 7) is 6.12. The molecule has 2 rings (SSSR count). The van der Waals surface area contributed by atoms with Gasteiger partial charge in [0.15, 0.2) is 0 Å². The Morgan fingerprint density at radius 2 is 1.94 bits per heavy atom. The van der Waals surface area contributed by atoms with Gasteiger partial charge in [-0.3, -0.25) is 0 Å². The van der Waals surface area contributed by atoms with Crippen LogP contribution in [0.2, 0.25) is 0 Å². The first kappa shape index (κ1) is 13.2. The first-order valence-corrected chi connectivity index (χ1v) is 6.64. The van der Waals surface area contributed by atoms with Crippen molar-refractivity contribution in [2.45, 2.75) is 19.4 Å². The first-order valence-electron chi connectivity index (χ1n) is 6.64. The van der Waals surface area contributed by atoms with Gasteiger partial charge in [-0.2, -0.15) is 0 Å². The summed E-state index contributed by atoms with van der Waals surface area (Å²) in [5, 5.41) is 12.7. The first-order chi connectivity index (χ1) is 8.79. The maximum atomic E-state index is 9.49. The number of hydrogen-bond donors (Lipinski definition) is 2. The largest absolute Gasteiger partial charge is 0.391 e. The lowest BCUT2D eigenvalue weighted by Crippen LogP contribution is -2.36. The van der Waals surface area contributed by atoms with Crippen LogP contribution in [0.5, 0.6) is 0 Å². The van der Waals surface area contributed by atoms with Crippen LogP contribution in [-0.4, -0.2) is 44.1 Å². The van der Waals surface area contributed by atoms with Gasteiger partial charge in [0, 0.05) is 31.0 Å². The quantitative estimate of drug-likeness (QED) is 0.835. The maximum Gasteiger partial charge on any atom is 0.0709 e. The Hall–Kier alpha value is -1.26. The van der Waals surface area contributed by atoms with Crippen LogP contribution < -0.4 is 10.2 Å². The second-order valence-electron chi connectivity index (χ2n) is 4.59. The zero-order valence-corrected chi connectivity index (χ0v) is 10.9. The Labute approximate surface area is 109 Å². The smallest absolute Gasteiger partial charge is 0.0709 e. The molecule has 0 aromatic heterocycles. The summed E-state index contributed by atoms with van der Waals surface area (Å²) >= 11 is 0. The highest BCUT2D eigenvalue weighted by Gasteiger charge is 2.10. The molecular weight excluding hydrogens is 228 g/mol. The summed E-state index contributed by atoms with van der Waals surface area (Å²) < 4.78 is 5.34. The van der Waals surface area contributed by atoms with Crippen molar-refractivity contribution in [3.05, 3.63) is 24.3 Å².